The first kappa shape index (κ1) is 17.6. The third-order valence-corrected chi connectivity index (χ3v) is 5.62. The summed E-state index contributed by atoms with van der Waals surface area (Å²) < 4.78 is 0. The van der Waals surface area contributed by atoms with E-state index in [1.54, 1.807) is 23.4 Å². The molecule has 0 bridgehead atoms. The zero-order chi connectivity index (χ0) is 18.8. The summed E-state index contributed by atoms with van der Waals surface area (Å²) in [5.74, 6) is -0.0354. The molecule has 142 valence electrons. The predicted molar refractivity (Wildman–Crippen MR) is 97.5 cm³/mol. The van der Waals surface area contributed by atoms with Crippen molar-refractivity contribution in [1.82, 2.24) is 19.8 Å². The van der Waals surface area contributed by atoms with E-state index in [9.17, 15) is 14.4 Å². The van der Waals surface area contributed by atoms with Crippen molar-refractivity contribution in [3.05, 3.63) is 30.6 Å². The highest BCUT2D eigenvalue weighted by atomic mass is 16.2. The van der Waals surface area contributed by atoms with Crippen molar-refractivity contribution in [3.63, 3.8) is 0 Å². The summed E-state index contributed by atoms with van der Waals surface area (Å²) in [4.78, 5) is 51.1. The Balaban J connectivity index is 1.28. The average molecular weight is 369 g/mol. The molecule has 3 heterocycles. The normalized spacial score (nSPS) is 25.1. The maximum absolute atomic E-state index is 12.5. The van der Waals surface area contributed by atoms with Gasteiger partial charge in [-0.15, -0.1) is 0 Å². The van der Waals surface area contributed by atoms with E-state index in [4.69, 9.17) is 0 Å². The monoisotopic (exact) mass is 369 g/mol. The number of carbonyl (C=O) groups excluding carboxylic acids is 3. The van der Waals surface area contributed by atoms with Crippen LogP contribution in [0.3, 0.4) is 0 Å². The number of anilines is 1. The summed E-state index contributed by atoms with van der Waals surface area (Å²) in [6.45, 7) is 2.72. The van der Waals surface area contributed by atoms with E-state index in [0.29, 0.717) is 45.0 Å². The van der Waals surface area contributed by atoms with Gasteiger partial charge < -0.3 is 9.80 Å². The van der Waals surface area contributed by atoms with Gasteiger partial charge in [-0.1, -0.05) is 12.2 Å². The molecule has 0 radical (unpaired) electrons. The lowest BCUT2D eigenvalue weighted by Gasteiger charge is -2.34. The molecule has 0 saturated carbocycles. The molecule has 2 aliphatic heterocycles. The molecule has 3 aliphatic rings. The number of hydrogen-bond acceptors (Lipinski definition) is 6. The van der Waals surface area contributed by atoms with Gasteiger partial charge in [-0.3, -0.25) is 19.3 Å². The molecule has 0 N–H and O–H groups in total. The van der Waals surface area contributed by atoms with Crippen LogP contribution < -0.4 is 4.90 Å². The largest absolute Gasteiger partial charge is 0.339 e. The summed E-state index contributed by atoms with van der Waals surface area (Å²) in [5.41, 5.74) is 0. The van der Waals surface area contributed by atoms with Crippen LogP contribution in [-0.2, 0) is 14.4 Å². The van der Waals surface area contributed by atoms with Crippen LogP contribution in [0.5, 0.6) is 0 Å². The van der Waals surface area contributed by atoms with Gasteiger partial charge in [0.05, 0.1) is 11.8 Å². The molecule has 8 heteroatoms. The number of carbonyl (C=O) groups is 3. The van der Waals surface area contributed by atoms with E-state index in [2.05, 4.69) is 14.9 Å². The number of fused-ring (bicyclic) bond motifs is 1. The maximum Gasteiger partial charge on any atom is 0.233 e. The molecule has 2 saturated heterocycles. The Kier molecular flexibility index (Phi) is 4.87. The van der Waals surface area contributed by atoms with Gasteiger partial charge in [0.25, 0.3) is 0 Å². The number of likely N-dealkylation sites (tertiary alicyclic amines) is 1. The average Bonchev–Trinajstić information content (AvgIpc) is 2.97. The topological polar surface area (TPSA) is 86.7 Å². The molecule has 27 heavy (non-hydrogen) atoms. The van der Waals surface area contributed by atoms with Crippen molar-refractivity contribution in [2.45, 2.75) is 19.3 Å². The highest BCUT2D eigenvalue weighted by molar-refractivity contribution is 6.05. The zero-order valence-electron chi connectivity index (χ0n) is 15.2. The summed E-state index contributed by atoms with van der Waals surface area (Å²) in [6, 6.07) is 1.77. The minimum absolute atomic E-state index is 0.0165. The van der Waals surface area contributed by atoms with E-state index >= 15 is 0 Å². The van der Waals surface area contributed by atoms with Crippen molar-refractivity contribution < 1.29 is 14.4 Å². The third-order valence-electron chi connectivity index (χ3n) is 5.62. The third kappa shape index (κ3) is 3.43. The quantitative estimate of drug-likeness (QED) is 0.566. The fraction of sp³-hybridized carbons (Fsp3) is 0.526. The Hall–Kier alpha value is -2.77. The van der Waals surface area contributed by atoms with E-state index in [0.717, 1.165) is 0 Å². The van der Waals surface area contributed by atoms with Gasteiger partial charge >= 0.3 is 0 Å². The van der Waals surface area contributed by atoms with Gasteiger partial charge in [0.2, 0.25) is 23.7 Å². The first-order valence-electron chi connectivity index (χ1n) is 9.45. The van der Waals surface area contributed by atoms with Crippen LogP contribution in [0.25, 0.3) is 0 Å². The molecule has 3 amide bonds. The molecule has 1 aromatic rings. The Morgan fingerprint density at radius 3 is 2.15 bits per heavy atom. The van der Waals surface area contributed by atoms with Crippen molar-refractivity contribution in [2.24, 2.45) is 11.8 Å². The lowest BCUT2D eigenvalue weighted by atomic mass is 9.85. The minimum atomic E-state index is -0.230. The number of amides is 3. The molecular formula is C19H23N5O3. The zero-order valence-corrected chi connectivity index (χ0v) is 15.2. The smallest absolute Gasteiger partial charge is 0.233 e. The molecule has 1 aliphatic carbocycles. The van der Waals surface area contributed by atoms with E-state index in [-0.39, 0.29) is 42.5 Å². The number of hydrogen-bond donors (Lipinski definition) is 0. The second-order valence-corrected chi connectivity index (χ2v) is 7.15. The van der Waals surface area contributed by atoms with E-state index in [1.807, 2.05) is 12.2 Å². The molecular weight excluding hydrogens is 346 g/mol. The van der Waals surface area contributed by atoms with Crippen LogP contribution in [0.2, 0.25) is 0 Å². The number of allylic oxidation sites excluding steroid dienone is 2. The van der Waals surface area contributed by atoms with Crippen molar-refractivity contribution in [2.75, 3.05) is 37.6 Å². The van der Waals surface area contributed by atoms with Crippen LogP contribution in [0.15, 0.2) is 30.6 Å². The lowest BCUT2D eigenvalue weighted by molar-refractivity contribution is -0.140. The summed E-state index contributed by atoms with van der Waals surface area (Å²) in [5, 5.41) is 0. The first-order valence-corrected chi connectivity index (χ1v) is 9.45. The molecule has 0 aromatic carbocycles. The summed E-state index contributed by atoms with van der Waals surface area (Å²) >= 11 is 0. The number of piperazine rings is 1. The highest BCUT2D eigenvalue weighted by Crippen LogP contribution is 2.35. The Morgan fingerprint density at radius 1 is 0.963 bits per heavy atom. The van der Waals surface area contributed by atoms with E-state index in [1.165, 1.54) is 4.90 Å². The number of rotatable bonds is 4. The molecule has 2 fully saturated rings. The van der Waals surface area contributed by atoms with Gasteiger partial charge in [-0.25, -0.2) is 9.97 Å². The van der Waals surface area contributed by atoms with E-state index < -0.39 is 0 Å². The van der Waals surface area contributed by atoms with Gasteiger partial charge in [0.1, 0.15) is 0 Å². The Labute approximate surface area is 157 Å². The molecule has 2 atom stereocenters. The highest BCUT2D eigenvalue weighted by Gasteiger charge is 2.47. The predicted octanol–water partition coefficient (Wildman–Crippen LogP) is 0.466. The van der Waals surface area contributed by atoms with Crippen LogP contribution in [-0.4, -0.2) is 70.2 Å². The molecule has 8 nitrogen and oxygen atoms in total. The SMILES string of the molecule is O=C(CCN1C(=O)[C@@H]2CC=CC[C@H]2C1=O)N1CCN(c2ncccn2)CC1. The Bertz CT molecular complexity index is 732. The molecule has 0 spiro atoms. The van der Waals surface area contributed by atoms with Gasteiger partial charge in [-0.2, -0.15) is 0 Å². The van der Waals surface area contributed by atoms with Gasteiger partial charge in [-0.05, 0) is 18.9 Å². The van der Waals surface area contributed by atoms with Gasteiger partial charge in [0.15, 0.2) is 0 Å². The number of aromatic nitrogens is 2. The maximum atomic E-state index is 12.5. The number of imide groups is 1. The Morgan fingerprint density at radius 2 is 1.56 bits per heavy atom. The van der Waals surface area contributed by atoms with Crippen LogP contribution in [0.1, 0.15) is 19.3 Å². The fourth-order valence-corrected chi connectivity index (χ4v) is 4.07. The van der Waals surface area contributed by atoms with Crippen LogP contribution >= 0.6 is 0 Å². The summed E-state index contributed by atoms with van der Waals surface area (Å²) in [7, 11) is 0. The second-order valence-electron chi connectivity index (χ2n) is 7.15. The van der Waals surface area contributed by atoms with Crippen LogP contribution in [0, 0.1) is 11.8 Å². The second kappa shape index (κ2) is 7.46. The van der Waals surface area contributed by atoms with Crippen molar-refractivity contribution in [1.29, 1.82) is 0 Å². The van der Waals surface area contributed by atoms with Crippen molar-refractivity contribution >= 4 is 23.7 Å². The van der Waals surface area contributed by atoms with Crippen LogP contribution in [0.4, 0.5) is 5.95 Å². The molecule has 1 aromatic heterocycles. The van der Waals surface area contributed by atoms with Crippen molar-refractivity contribution in [3.8, 4) is 0 Å². The summed E-state index contributed by atoms with van der Waals surface area (Å²) in [6.07, 6.45) is 8.79. The number of nitrogens with zero attached hydrogens (tertiary/aromatic N) is 5. The fourth-order valence-electron chi connectivity index (χ4n) is 4.07. The van der Waals surface area contributed by atoms with Gasteiger partial charge in [0, 0.05) is 51.5 Å². The molecule has 4 rings (SSSR count). The first-order chi connectivity index (χ1) is 13.1. The minimum Gasteiger partial charge on any atom is -0.339 e. The lowest BCUT2D eigenvalue weighted by Crippen LogP contribution is -2.50. The molecule has 0 unspecified atom stereocenters. The standard InChI is InChI=1S/C19H23N5O3/c25-16(22-10-12-23(13-11-22)19-20-7-3-8-21-19)6-9-24-17(26)14-4-1-2-5-15(14)18(24)27/h1-3,7-8,14-15H,4-6,9-13H2/t14-,15-/m1/s1.